The molecule has 21 heavy (non-hydrogen) atoms. The number of hydrogen-bond donors (Lipinski definition) is 1. The van der Waals surface area contributed by atoms with Gasteiger partial charge in [-0.2, -0.15) is 4.39 Å². The molecule has 1 heterocycles. The number of nitro groups is 1. The van der Waals surface area contributed by atoms with Crippen molar-refractivity contribution in [1.29, 1.82) is 0 Å². The fourth-order valence-corrected chi connectivity index (χ4v) is 3.31. The minimum atomic E-state index is -0.950. The Morgan fingerprint density at radius 1 is 1.52 bits per heavy atom. The molecule has 0 spiro atoms. The van der Waals surface area contributed by atoms with Gasteiger partial charge in [0.05, 0.1) is 17.0 Å². The number of thiazole rings is 1. The third-order valence-electron chi connectivity index (χ3n) is 2.43. The first-order chi connectivity index (χ1) is 9.95. The van der Waals surface area contributed by atoms with Gasteiger partial charge in [-0.3, -0.25) is 14.9 Å². The van der Waals surface area contributed by atoms with E-state index in [1.54, 1.807) is 5.38 Å². The monoisotopic (exact) mass is 328 g/mol. The summed E-state index contributed by atoms with van der Waals surface area (Å²) in [7, 11) is 0. The van der Waals surface area contributed by atoms with E-state index in [1.165, 1.54) is 29.2 Å². The average molecular weight is 328 g/mol. The first-order valence-corrected chi connectivity index (χ1v) is 7.54. The number of benzene rings is 1. The molecule has 0 saturated carbocycles. The highest BCUT2D eigenvalue weighted by Crippen LogP contribution is 2.28. The molecule has 110 valence electrons. The van der Waals surface area contributed by atoms with Gasteiger partial charge in [-0.1, -0.05) is 17.8 Å². The number of carboxylic acids is 1. The van der Waals surface area contributed by atoms with Crippen LogP contribution in [0.4, 0.5) is 10.1 Å². The standard InChI is InChI=1S/C12H9FN2O4S2/c13-9-3-7(1-2-10(9)15(18)19)5-20-12-14-8(6-21-12)4-11(16)17/h1-3,6H,4-5H2,(H,16,17). The van der Waals surface area contributed by atoms with Crippen LogP contribution in [-0.4, -0.2) is 21.0 Å². The van der Waals surface area contributed by atoms with Crippen molar-refractivity contribution in [3.8, 4) is 0 Å². The van der Waals surface area contributed by atoms with Gasteiger partial charge < -0.3 is 5.11 Å². The van der Waals surface area contributed by atoms with E-state index in [0.29, 0.717) is 21.3 Å². The SMILES string of the molecule is O=C(O)Cc1csc(SCc2ccc([N+](=O)[O-])c(F)c2)n1. The summed E-state index contributed by atoms with van der Waals surface area (Å²) < 4.78 is 14.1. The molecule has 0 radical (unpaired) electrons. The van der Waals surface area contributed by atoms with Crippen LogP contribution in [0.3, 0.4) is 0 Å². The molecule has 2 aromatic rings. The quantitative estimate of drug-likeness (QED) is 0.497. The van der Waals surface area contributed by atoms with Crippen LogP contribution in [0.2, 0.25) is 0 Å². The van der Waals surface area contributed by atoms with Crippen molar-refractivity contribution in [2.75, 3.05) is 0 Å². The number of aromatic nitrogens is 1. The number of rotatable bonds is 6. The predicted molar refractivity (Wildman–Crippen MR) is 76.1 cm³/mol. The molecule has 0 amide bonds. The molecule has 0 fully saturated rings. The number of halogens is 1. The Labute approximate surface area is 126 Å². The average Bonchev–Trinajstić information content (AvgIpc) is 2.82. The van der Waals surface area contributed by atoms with E-state index < -0.39 is 22.4 Å². The highest BCUT2D eigenvalue weighted by molar-refractivity contribution is 8.00. The van der Waals surface area contributed by atoms with Crippen LogP contribution in [-0.2, 0) is 17.0 Å². The predicted octanol–water partition coefficient (Wildman–Crippen LogP) is 3.11. The molecule has 1 N–H and O–H groups in total. The van der Waals surface area contributed by atoms with Gasteiger partial charge in [0.15, 0.2) is 0 Å². The molecule has 0 aliphatic carbocycles. The number of carbonyl (C=O) groups is 1. The molecule has 1 aromatic carbocycles. The number of nitrogens with zero attached hydrogens (tertiary/aromatic N) is 2. The van der Waals surface area contributed by atoms with E-state index >= 15 is 0 Å². The van der Waals surface area contributed by atoms with Gasteiger partial charge in [0.2, 0.25) is 5.82 Å². The van der Waals surface area contributed by atoms with Gasteiger partial charge in [0.25, 0.3) is 0 Å². The van der Waals surface area contributed by atoms with E-state index in [9.17, 15) is 19.3 Å². The van der Waals surface area contributed by atoms with E-state index in [0.717, 1.165) is 12.1 Å². The maximum atomic E-state index is 13.4. The number of thioether (sulfide) groups is 1. The van der Waals surface area contributed by atoms with E-state index in [-0.39, 0.29) is 6.42 Å². The van der Waals surface area contributed by atoms with Gasteiger partial charge in [0.1, 0.15) is 4.34 Å². The summed E-state index contributed by atoms with van der Waals surface area (Å²) in [5, 5.41) is 20.8. The normalized spacial score (nSPS) is 10.5. The molecule has 2 rings (SSSR count). The fourth-order valence-electron chi connectivity index (χ4n) is 1.52. The number of carboxylic acid groups (broad SMARTS) is 1. The first-order valence-electron chi connectivity index (χ1n) is 5.67. The van der Waals surface area contributed by atoms with Crippen LogP contribution in [0.25, 0.3) is 0 Å². The maximum Gasteiger partial charge on any atom is 0.309 e. The lowest BCUT2D eigenvalue weighted by Crippen LogP contribution is -1.99. The molecule has 1 aromatic heterocycles. The van der Waals surface area contributed by atoms with Crippen molar-refractivity contribution in [1.82, 2.24) is 4.98 Å². The summed E-state index contributed by atoms with van der Waals surface area (Å²) in [5.41, 5.74) is 0.518. The Morgan fingerprint density at radius 3 is 2.90 bits per heavy atom. The van der Waals surface area contributed by atoms with Gasteiger partial charge in [-0.15, -0.1) is 11.3 Å². The number of aliphatic carboxylic acids is 1. The molecule has 0 saturated heterocycles. The highest BCUT2D eigenvalue weighted by Gasteiger charge is 2.14. The zero-order valence-corrected chi connectivity index (χ0v) is 12.1. The third kappa shape index (κ3) is 4.23. The maximum absolute atomic E-state index is 13.4. The summed E-state index contributed by atoms with van der Waals surface area (Å²) in [4.78, 5) is 24.4. The van der Waals surface area contributed by atoms with Crippen LogP contribution in [0.1, 0.15) is 11.3 Å². The zero-order valence-electron chi connectivity index (χ0n) is 10.5. The van der Waals surface area contributed by atoms with Crippen LogP contribution < -0.4 is 0 Å². The second-order valence-corrected chi connectivity index (χ2v) is 6.09. The van der Waals surface area contributed by atoms with Crippen LogP contribution in [0.15, 0.2) is 27.9 Å². The summed E-state index contributed by atoms with van der Waals surface area (Å²) in [6.45, 7) is 0. The van der Waals surface area contributed by atoms with Crippen molar-refractivity contribution in [3.05, 3.63) is 50.8 Å². The summed E-state index contributed by atoms with van der Waals surface area (Å²) in [6.07, 6.45) is -0.136. The van der Waals surface area contributed by atoms with E-state index in [1.807, 2.05) is 0 Å². The lowest BCUT2D eigenvalue weighted by molar-refractivity contribution is -0.387. The van der Waals surface area contributed by atoms with Gasteiger partial charge in [-0.25, -0.2) is 4.98 Å². The summed E-state index contributed by atoms with van der Waals surface area (Å²) in [5.74, 6) is -1.42. The molecular formula is C12H9FN2O4S2. The third-order valence-corrected chi connectivity index (χ3v) is 4.58. The van der Waals surface area contributed by atoms with Crippen LogP contribution in [0.5, 0.6) is 0 Å². The Morgan fingerprint density at radius 2 is 2.29 bits per heavy atom. The molecule has 0 bridgehead atoms. The van der Waals surface area contributed by atoms with E-state index in [2.05, 4.69) is 4.98 Å². The highest BCUT2D eigenvalue weighted by atomic mass is 32.2. The number of hydrogen-bond acceptors (Lipinski definition) is 6. The van der Waals surface area contributed by atoms with Gasteiger partial charge in [0, 0.05) is 17.2 Å². The fraction of sp³-hybridized carbons (Fsp3) is 0.167. The second-order valence-electron chi connectivity index (χ2n) is 4.01. The molecule has 0 aliphatic rings. The van der Waals surface area contributed by atoms with Crippen molar-refractivity contribution >= 4 is 34.8 Å². The van der Waals surface area contributed by atoms with Crippen molar-refractivity contribution in [2.24, 2.45) is 0 Å². The topological polar surface area (TPSA) is 93.3 Å². The van der Waals surface area contributed by atoms with E-state index in [4.69, 9.17) is 5.11 Å². The minimum Gasteiger partial charge on any atom is -0.481 e. The Bertz CT molecular complexity index is 690. The van der Waals surface area contributed by atoms with Crippen molar-refractivity contribution in [3.63, 3.8) is 0 Å². The van der Waals surface area contributed by atoms with Crippen LogP contribution in [0, 0.1) is 15.9 Å². The Kier molecular flexibility index (Phi) is 4.86. The second kappa shape index (κ2) is 6.64. The molecule has 6 nitrogen and oxygen atoms in total. The molecule has 0 unspecified atom stereocenters. The summed E-state index contributed by atoms with van der Waals surface area (Å²) in [6, 6.07) is 3.74. The summed E-state index contributed by atoms with van der Waals surface area (Å²) >= 11 is 2.63. The molecular weight excluding hydrogens is 319 g/mol. The largest absolute Gasteiger partial charge is 0.481 e. The zero-order chi connectivity index (χ0) is 15.4. The Balaban J connectivity index is 1.99. The molecule has 9 heteroatoms. The molecule has 0 aliphatic heterocycles. The van der Waals surface area contributed by atoms with Crippen molar-refractivity contribution in [2.45, 2.75) is 16.5 Å². The molecule has 0 atom stereocenters. The van der Waals surface area contributed by atoms with Crippen molar-refractivity contribution < 1.29 is 19.2 Å². The Hall–Kier alpha value is -2.00. The van der Waals surface area contributed by atoms with Gasteiger partial charge in [-0.05, 0) is 11.6 Å². The van der Waals surface area contributed by atoms with Gasteiger partial charge >= 0.3 is 11.7 Å². The smallest absolute Gasteiger partial charge is 0.309 e. The van der Waals surface area contributed by atoms with Crippen LogP contribution >= 0.6 is 23.1 Å². The lowest BCUT2D eigenvalue weighted by atomic mass is 10.2. The number of nitro benzene ring substituents is 1. The lowest BCUT2D eigenvalue weighted by Gasteiger charge is -2.00. The minimum absolute atomic E-state index is 0.136. The first kappa shape index (κ1) is 15.4.